The molecule has 1 N–H and O–H groups in total. The second-order valence-corrected chi connectivity index (χ2v) is 6.97. The number of hydrogen-bond donors (Lipinski definition) is 0. The number of rotatable bonds is 4. The molecule has 1 fully saturated rings. The molecule has 6 nitrogen and oxygen atoms in total. The molecule has 1 saturated heterocycles. The summed E-state index contributed by atoms with van der Waals surface area (Å²) < 4.78 is 20.7. The average Bonchev–Trinajstić information content (AvgIpc) is 3.31. The fourth-order valence-corrected chi connectivity index (χ4v) is 3.74. The van der Waals surface area contributed by atoms with Gasteiger partial charge in [-0.15, -0.1) is 0 Å². The summed E-state index contributed by atoms with van der Waals surface area (Å²) >= 11 is 0. The first kappa shape index (κ1) is 15.8. The molecule has 0 unspecified atom stereocenters. The third kappa shape index (κ3) is 3.18. The van der Waals surface area contributed by atoms with Gasteiger partial charge in [0.25, 0.3) is 5.75 Å². The summed E-state index contributed by atoms with van der Waals surface area (Å²) in [5.41, 5.74) is 2.58. The summed E-state index contributed by atoms with van der Waals surface area (Å²) in [4.78, 5) is 5.00. The quantitative estimate of drug-likeness (QED) is 0.788. The molecule has 0 radical (unpaired) electrons. The van der Waals surface area contributed by atoms with Crippen molar-refractivity contribution in [3.63, 3.8) is 0 Å². The molecule has 5 rings (SSSR count). The van der Waals surface area contributed by atoms with Gasteiger partial charge in [-0.05, 0) is 35.4 Å². The minimum Gasteiger partial charge on any atom is -0.551 e. The smallest absolute Gasteiger partial charge is 0.327 e. The highest BCUT2D eigenvalue weighted by atomic mass is 16.7. The van der Waals surface area contributed by atoms with E-state index in [4.69, 9.17) is 14.2 Å². The van der Waals surface area contributed by atoms with Gasteiger partial charge in [0.15, 0.2) is 11.5 Å². The minimum atomic E-state index is 0.333. The highest BCUT2D eigenvalue weighted by Gasteiger charge is 2.21. The molecule has 26 heavy (non-hydrogen) atoms. The van der Waals surface area contributed by atoms with Crippen LogP contribution in [0.3, 0.4) is 0 Å². The van der Waals surface area contributed by atoms with E-state index in [0.717, 1.165) is 62.3 Å². The Labute approximate surface area is 152 Å². The third-order valence-corrected chi connectivity index (χ3v) is 5.19. The maximum Gasteiger partial charge on any atom is 0.327 e. The molecule has 2 aromatic carbocycles. The van der Waals surface area contributed by atoms with E-state index in [9.17, 15) is 0 Å². The molecule has 0 aliphatic carbocycles. The third-order valence-electron chi connectivity index (χ3n) is 5.19. The lowest BCUT2D eigenvalue weighted by Crippen LogP contribution is -2.45. The standard InChI is InChI=1S/C20H22N2O4/c1-3-17-19(25-13-23-17)9-15(1)11-21-5-7-22(8-6-21)12-16-2-4-18-20(10-16)26-14-24-18/h1-4,9-10H,5-8,11-14H2/p+1. The Bertz CT molecular complexity index is 735. The van der Waals surface area contributed by atoms with Crippen molar-refractivity contribution in [2.24, 2.45) is 0 Å². The molecule has 0 atom stereocenters. The molecule has 136 valence electrons. The summed E-state index contributed by atoms with van der Waals surface area (Å²) in [6, 6.07) is 12.6. The lowest BCUT2D eigenvalue weighted by molar-refractivity contribution is 0.00264. The zero-order valence-corrected chi connectivity index (χ0v) is 14.7. The van der Waals surface area contributed by atoms with Crippen molar-refractivity contribution in [1.82, 2.24) is 9.80 Å². The Hall–Kier alpha value is -2.44. The highest BCUT2D eigenvalue weighted by molar-refractivity contribution is 5.45. The minimum absolute atomic E-state index is 0.333. The van der Waals surface area contributed by atoms with Gasteiger partial charge in [-0.3, -0.25) is 9.80 Å². The van der Waals surface area contributed by atoms with Crippen molar-refractivity contribution in [1.29, 1.82) is 0 Å². The summed E-state index contributed by atoms with van der Waals surface area (Å²) in [5, 5.41) is 0. The number of fused-ring (bicyclic) bond motifs is 2. The summed E-state index contributed by atoms with van der Waals surface area (Å²) in [6.45, 7) is 7.01. The second-order valence-electron chi connectivity index (χ2n) is 6.97. The van der Waals surface area contributed by atoms with Crippen LogP contribution in [0.2, 0.25) is 0 Å². The number of piperazine rings is 1. The number of nitrogens with zero attached hydrogens (tertiary/aromatic N) is 2. The van der Waals surface area contributed by atoms with Gasteiger partial charge in [-0.1, -0.05) is 6.07 Å². The zero-order valence-electron chi connectivity index (χ0n) is 14.7. The number of hydrogen-bond acceptors (Lipinski definition) is 5. The topological polar surface area (TPSA) is 47.0 Å². The summed E-state index contributed by atoms with van der Waals surface area (Å²) in [7, 11) is 0. The van der Waals surface area contributed by atoms with Crippen LogP contribution in [0.25, 0.3) is 0 Å². The molecule has 0 amide bonds. The van der Waals surface area contributed by atoms with E-state index >= 15 is 0 Å². The fraction of sp³-hybridized carbons (Fsp3) is 0.400. The maximum absolute atomic E-state index is 5.53. The Morgan fingerprint density at radius 1 is 0.731 bits per heavy atom. The lowest BCUT2D eigenvalue weighted by atomic mass is 10.1. The monoisotopic (exact) mass is 355 g/mol. The number of aliphatic hydroxyl groups is 1. The van der Waals surface area contributed by atoms with Crippen LogP contribution in [-0.2, 0) is 13.1 Å². The predicted octanol–water partition coefficient (Wildman–Crippen LogP) is 2.32. The molecular formula is C20H23N2O4+. The van der Waals surface area contributed by atoms with Crippen molar-refractivity contribution < 1.29 is 18.9 Å². The number of aromatic hydroxyl groups is 1. The largest absolute Gasteiger partial charge is 0.551 e. The van der Waals surface area contributed by atoms with Crippen LogP contribution in [0.4, 0.5) is 0 Å². The van der Waals surface area contributed by atoms with E-state index < -0.39 is 0 Å². The van der Waals surface area contributed by atoms with Crippen molar-refractivity contribution in [2.45, 2.75) is 13.1 Å². The Balaban J connectivity index is 1.15. The zero-order chi connectivity index (χ0) is 17.3. The fourth-order valence-electron chi connectivity index (χ4n) is 3.74. The Morgan fingerprint density at radius 3 is 2.15 bits per heavy atom. The van der Waals surface area contributed by atoms with Crippen LogP contribution in [-0.4, -0.2) is 54.3 Å². The Kier molecular flexibility index (Phi) is 4.07. The maximum atomic E-state index is 5.53. The summed E-state index contributed by atoms with van der Waals surface area (Å²) in [6.07, 6.45) is 0. The van der Waals surface area contributed by atoms with Crippen LogP contribution in [0.15, 0.2) is 36.4 Å². The first-order valence-corrected chi connectivity index (χ1v) is 9.10. The molecule has 2 aromatic rings. The van der Waals surface area contributed by atoms with Gasteiger partial charge in [-0.2, -0.15) is 0 Å². The molecular weight excluding hydrogens is 332 g/mol. The van der Waals surface area contributed by atoms with Crippen LogP contribution in [0.5, 0.6) is 23.0 Å². The van der Waals surface area contributed by atoms with E-state index in [1.165, 1.54) is 11.1 Å². The highest BCUT2D eigenvalue weighted by Crippen LogP contribution is 2.34. The van der Waals surface area contributed by atoms with Gasteiger partial charge >= 0.3 is 6.79 Å². The van der Waals surface area contributed by atoms with Gasteiger partial charge < -0.3 is 18.9 Å². The van der Waals surface area contributed by atoms with Crippen molar-refractivity contribution in [3.8, 4) is 23.0 Å². The van der Waals surface area contributed by atoms with Crippen molar-refractivity contribution in [2.75, 3.05) is 39.8 Å². The van der Waals surface area contributed by atoms with E-state index in [2.05, 4.69) is 44.9 Å². The van der Waals surface area contributed by atoms with E-state index in [-0.39, 0.29) is 0 Å². The normalized spacial score (nSPS) is 19.1. The number of ether oxygens (including phenoxy) is 4. The molecule has 0 aromatic heterocycles. The molecule has 0 spiro atoms. The summed E-state index contributed by atoms with van der Waals surface area (Å²) in [5.74, 6) is 3.61. The molecule has 0 saturated carbocycles. The van der Waals surface area contributed by atoms with Crippen molar-refractivity contribution in [3.05, 3.63) is 47.5 Å². The second kappa shape index (κ2) is 6.70. The lowest BCUT2D eigenvalue weighted by Gasteiger charge is -2.34. The first-order chi connectivity index (χ1) is 12.8. The SMILES string of the molecule is c1cc2c(cc1CN1CCN(Cc3ccc4c(c3)OC[OH+]4)CC1)OCO2. The molecule has 3 heterocycles. The first-order valence-electron chi connectivity index (χ1n) is 9.10. The molecule has 0 bridgehead atoms. The Morgan fingerprint density at radius 2 is 1.38 bits per heavy atom. The van der Waals surface area contributed by atoms with E-state index in [0.29, 0.717) is 13.6 Å². The molecule has 3 aliphatic heterocycles. The van der Waals surface area contributed by atoms with Crippen LogP contribution in [0.1, 0.15) is 11.1 Å². The molecule has 3 aliphatic rings. The van der Waals surface area contributed by atoms with Crippen LogP contribution in [0, 0.1) is 0 Å². The van der Waals surface area contributed by atoms with Crippen LogP contribution >= 0.6 is 0 Å². The van der Waals surface area contributed by atoms with Crippen LogP contribution < -0.4 is 14.2 Å². The molecule has 6 heteroatoms. The van der Waals surface area contributed by atoms with E-state index in [1.807, 2.05) is 6.07 Å². The number of benzene rings is 2. The van der Waals surface area contributed by atoms with E-state index in [1.54, 1.807) is 0 Å². The van der Waals surface area contributed by atoms with Gasteiger partial charge in [0.05, 0.1) is 0 Å². The predicted molar refractivity (Wildman–Crippen MR) is 96.7 cm³/mol. The van der Waals surface area contributed by atoms with Crippen molar-refractivity contribution >= 4 is 0 Å². The van der Waals surface area contributed by atoms with Gasteiger partial charge in [-0.25, -0.2) is 0 Å². The van der Waals surface area contributed by atoms with Gasteiger partial charge in [0.1, 0.15) is 0 Å². The average molecular weight is 355 g/mol. The van der Waals surface area contributed by atoms with Gasteiger partial charge in [0.2, 0.25) is 12.5 Å². The van der Waals surface area contributed by atoms with Gasteiger partial charge in [0, 0.05) is 45.3 Å².